The minimum absolute atomic E-state index is 0.0516. The second-order valence-electron chi connectivity index (χ2n) is 7.01. The zero-order chi connectivity index (χ0) is 24.4. The zero-order valence-corrected chi connectivity index (χ0v) is 17.8. The van der Waals surface area contributed by atoms with E-state index >= 15 is 0 Å². The smallest absolute Gasteiger partial charge is 0.394 e. The Morgan fingerprint density at radius 1 is 1.03 bits per heavy atom. The maximum atomic E-state index is 12.2. The van der Waals surface area contributed by atoms with Crippen LogP contribution in [0.25, 0.3) is 22.6 Å². The van der Waals surface area contributed by atoms with E-state index in [1.807, 2.05) is 13.8 Å². The quantitative estimate of drug-likeness (QED) is 0.140. The molecule has 2 heterocycles. The number of rotatable bonds is 5. The van der Waals surface area contributed by atoms with Gasteiger partial charge < -0.3 is 39.7 Å². The number of aromatic amines is 1. The molecule has 0 amide bonds. The van der Waals surface area contributed by atoms with Crippen molar-refractivity contribution in [3.05, 3.63) is 44.1 Å². The summed E-state index contributed by atoms with van der Waals surface area (Å²) in [5.74, 6) is -0.0516. The SMILES string of the molecule is Cc1cc2nc3c(=O)[nH]c(=O)nc-3n(CC(O)C(O)C(O)CO)c2cc1C.O=P(O)(O)O. The second-order valence-corrected chi connectivity index (χ2v) is 8.04. The number of benzene rings is 1. The highest BCUT2D eigenvalue weighted by Gasteiger charge is 2.27. The van der Waals surface area contributed by atoms with Crippen LogP contribution in [0.5, 0.6) is 0 Å². The lowest BCUT2D eigenvalue weighted by molar-refractivity contribution is -0.0802. The molecule has 15 heteroatoms. The lowest BCUT2D eigenvalue weighted by Gasteiger charge is -2.25. The molecule has 0 radical (unpaired) electrons. The van der Waals surface area contributed by atoms with E-state index < -0.39 is 44.0 Å². The molecule has 3 atom stereocenters. The molecule has 0 spiro atoms. The number of fused-ring (bicyclic) bond motifs is 2. The molecule has 32 heavy (non-hydrogen) atoms. The highest BCUT2D eigenvalue weighted by Crippen LogP contribution is 2.26. The molecule has 0 fully saturated rings. The van der Waals surface area contributed by atoms with Crippen molar-refractivity contribution < 1.29 is 39.7 Å². The molecule has 2 aliphatic heterocycles. The number of aliphatic hydroxyl groups is 4. The number of aromatic nitrogens is 4. The van der Waals surface area contributed by atoms with Crippen LogP contribution in [0.4, 0.5) is 0 Å². The van der Waals surface area contributed by atoms with Gasteiger partial charge in [-0.1, -0.05) is 0 Å². The fourth-order valence-corrected chi connectivity index (χ4v) is 2.89. The van der Waals surface area contributed by atoms with Crippen molar-refractivity contribution in [3.63, 3.8) is 0 Å². The molecule has 2 aliphatic rings. The molecule has 14 nitrogen and oxygen atoms in total. The Morgan fingerprint density at radius 3 is 2.16 bits per heavy atom. The Hall–Kier alpha value is -2.55. The highest BCUT2D eigenvalue weighted by atomic mass is 31.2. The third-order valence-electron chi connectivity index (χ3n) is 4.57. The van der Waals surface area contributed by atoms with Crippen LogP contribution >= 0.6 is 7.82 Å². The largest absolute Gasteiger partial charge is 0.466 e. The van der Waals surface area contributed by atoms with Crippen LogP contribution in [-0.2, 0) is 11.1 Å². The average molecular weight is 474 g/mol. The van der Waals surface area contributed by atoms with E-state index in [0.29, 0.717) is 11.0 Å². The molecule has 0 aromatic heterocycles. The lowest BCUT2D eigenvalue weighted by Crippen LogP contribution is -2.42. The average Bonchev–Trinajstić information content (AvgIpc) is 2.67. The molecule has 0 saturated heterocycles. The summed E-state index contributed by atoms with van der Waals surface area (Å²) >= 11 is 0. The van der Waals surface area contributed by atoms with Crippen molar-refractivity contribution >= 4 is 18.9 Å². The maximum absolute atomic E-state index is 12.2. The second kappa shape index (κ2) is 9.94. The first-order valence-corrected chi connectivity index (χ1v) is 10.6. The first kappa shape index (κ1) is 25.7. The van der Waals surface area contributed by atoms with Gasteiger partial charge in [0.25, 0.3) is 5.56 Å². The van der Waals surface area contributed by atoms with E-state index in [1.54, 1.807) is 12.1 Å². The molecule has 3 unspecified atom stereocenters. The van der Waals surface area contributed by atoms with Gasteiger partial charge in [0.1, 0.15) is 18.3 Å². The molecular weight excluding hydrogens is 451 g/mol. The van der Waals surface area contributed by atoms with Gasteiger partial charge in [-0.15, -0.1) is 0 Å². The summed E-state index contributed by atoms with van der Waals surface area (Å²) in [6.45, 7) is 2.73. The van der Waals surface area contributed by atoms with E-state index in [-0.39, 0.29) is 18.1 Å². The number of aryl methyl sites for hydroxylation is 2. The molecule has 1 aromatic carbocycles. The van der Waals surface area contributed by atoms with Gasteiger partial charge in [0, 0.05) is 0 Å². The Labute approximate surface area is 179 Å². The normalized spacial score (nSPS) is 14.7. The van der Waals surface area contributed by atoms with Crippen LogP contribution in [-0.4, -0.2) is 79.5 Å². The molecule has 8 N–H and O–H groups in total. The predicted octanol–water partition coefficient (Wildman–Crippen LogP) is -2.65. The molecule has 0 aliphatic carbocycles. The van der Waals surface area contributed by atoms with E-state index in [9.17, 15) is 24.9 Å². The number of hydrogen-bond acceptors (Lipinski definition) is 9. The Balaban J connectivity index is 0.000000654. The van der Waals surface area contributed by atoms with E-state index in [1.165, 1.54) is 4.57 Å². The fourth-order valence-electron chi connectivity index (χ4n) is 2.89. The first-order chi connectivity index (χ1) is 14.7. The van der Waals surface area contributed by atoms with Gasteiger partial charge in [0.05, 0.1) is 24.2 Å². The van der Waals surface area contributed by atoms with Crippen LogP contribution in [0.2, 0.25) is 0 Å². The third kappa shape index (κ3) is 6.25. The van der Waals surface area contributed by atoms with Crippen LogP contribution in [0.15, 0.2) is 21.7 Å². The topological polar surface area (TPSA) is 239 Å². The number of hydrogen-bond donors (Lipinski definition) is 8. The van der Waals surface area contributed by atoms with Gasteiger partial charge in [-0.05, 0) is 37.1 Å². The summed E-state index contributed by atoms with van der Waals surface area (Å²) in [7, 11) is -4.64. The molecular formula is C17H23N4O10P. The summed E-state index contributed by atoms with van der Waals surface area (Å²) in [5.41, 5.74) is 1.11. The van der Waals surface area contributed by atoms with Crippen molar-refractivity contribution in [1.29, 1.82) is 0 Å². The van der Waals surface area contributed by atoms with Crippen LogP contribution in [0.3, 0.4) is 0 Å². The summed E-state index contributed by atoms with van der Waals surface area (Å²) in [6, 6.07) is 3.53. The Morgan fingerprint density at radius 2 is 1.59 bits per heavy atom. The van der Waals surface area contributed by atoms with Gasteiger partial charge in [-0.3, -0.25) is 9.78 Å². The molecule has 1 aromatic rings. The fraction of sp³-hybridized carbons (Fsp3) is 0.412. The minimum Gasteiger partial charge on any atom is -0.394 e. The maximum Gasteiger partial charge on any atom is 0.466 e. The lowest BCUT2D eigenvalue weighted by atomic mass is 10.1. The number of nitrogens with zero attached hydrogens (tertiary/aromatic N) is 3. The summed E-state index contributed by atoms with van der Waals surface area (Å²) in [6.07, 6.45) is -4.68. The number of phosphoric acid groups is 1. The molecule has 0 saturated carbocycles. The van der Waals surface area contributed by atoms with Crippen molar-refractivity contribution in [3.8, 4) is 11.5 Å². The van der Waals surface area contributed by atoms with Crippen LogP contribution in [0, 0.1) is 13.8 Å². The van der Waals surface area contributed by atoms with Crippen molar-refractivity contribution in [2.45, 2.75) is 38.7 Å². The van der Waals surface area contributed by atoms with Crippen molar-refractivity contribution in [2.24, 2.45) is 0 Å². The minimum atomic E-state index is -4.64. The zero-order valence-electron chi connectivity index (χ0n) is 16.9. The predicted molar refractivity (Wildman–Crippen MR) is 110 cm³/mol. The van der Waals surface area contributed by atoms with Gasteiger partial charge in [-0.2, -0.15) is 4.98 Å². The monoisotopic (exact) mass is 474 g/mol. The standard InChI is InChI=1S/C17H20N4O6.H3O4P/c1-7-3-9-10(4-8(7)2)21(5-11(23)14(25)12(24)6-22)15-13(18-9)16(26)20-17(27)19-15;1-5(2,3)4/h3-4,11-12,14,22-25H,5-6H2,1-2H3,(H,20,26,27);(H3,1,2,3,4). The van der Waals surface area contributed by atoms with Gasteiger partial charge in [0.15, 0.2) is 11.5 Å². The number of H-pyrrole nitrogens is 1. The van der Waals surface area contributed by atoms with Crippen molar-refractivity contribution in [1.82, 2.24) is 19.5 Å². The van der Waals surface area contributed by atoms with Crippen LogP contribution in [0.1, 0.15) is 11.1 Å². The Bertz CT molecular complexity index is 1230. The van der Waals surface area contributed by atoms with Crippen molar-refractivity contribution in [2.75, 3.05) is 6.61 Å². The van der Waals surface area contributed by atoms with E-state index in [0.717, 1.165) is 11.1 Å². The summed E-state index contributed by atoms with van der Waals surface area (Å²) in [5, 5.41) is 38.8. The summed E-state index contributed by atoms with van der Waals surface area (Å²) in [4.78, 5) is 55.6. The first-order valence-electron chi connectivity index (χ1n) is 9.08. The number of aliphatic hydroxyl groups excluding tert-OH is 4. The van der Waals surface area contributed by atoms with Gasteiger partial charge in [-0.25, -0.2) is 14.3 Å². The third-order valence-corrected chi connectivity index (χ3v) is 4.57. The Kier molecular flexibility index (Phi) is 7.98. The van der Waals surface area contributed by atoms with E-state index in [2.05, 4.69) is 15.0 Å². The molecule has 0 bridgehead atoms. The highest BCUT2D eigenvalue weighted by molar-refractivity contribution is 7.45. The van der Waals surface area contributed by atoms with Gasteiger partial charge >= 0.3 is 13.5 Å². The van der Waals surface area contributed by atoms with E-state index in [4.69, 9.17) is 24.4 Å². The van der Waals surface area contributed by atoms with Crippen LogP contribution < -0.4 is 11.2 Å². The molecule has 3 rings (SSSR count). The molecule has 176 valence electrons. The number of nitrogens with one attached hydrogen (secondary N) is 1. The van der Waals surface area contributed by atoms with Gasteiger partial charge in [0.2, 0.25) is 0 Å². The summed E-state index contributed by atoms with van der Waals surface area (Å²) < 4.78 is 10.3.